The molecule has 3 N–H and O–H groups in total. The highest BCUT2D eigenvalue weighted by molar-refractivity contribution is 5.93. The first-order valence-electron chi connectivity index (χ1n) is 13.0. The topological polar surface area (TPSA) is 109 Å². The highest BCUT2D eigenvalue weighted by Gasteiger charge is 2.37. The first-order valence-corrected chi connectivity index (χ1v) is 13.0. The standard InChI is InChI=1S/C31H28F3N3O5/c1-5-42-30(39)25-16(2)35-29-27(26(25)21-15-20(40-3)10-12-24(21)41-4)28(38)23(37-29)14-19-9-11-22(36-19)17-7-6-8-18(13-17)31(32,33)34/h6-15,26,36,38H,5H2,1-4H3,(H,35,37). The van der Waals surface area contributed by atoms with E-state index in [-0.39, 0.29) is 23.3 Å². The monoisotopic (exact) mass is 579 g/mol. The molecule has 0 saturated carbocycles. The molecule has 1 atom stereocenters. The first kappa shape index (κ1) is 28.6. The van der Waals surface area contributed by atoms with Crippen LogP contribution in [-0.4, -0.2) is 41.9 Å². The highest BCUT2D eigenvalue weighted by Crippen LogP contribution is 2.43. The number of rotatable bonds is 7. The van der Waals surface area contributed by atoms with Crippen molar-refractivity contribution in [3.8, 4) is 28.5 Å². The molecule has 5 rings (SSSR count). The van der Waals surface area contributed by atoms with E-state index in [0.717, 1.165) is 12.1 Å². The van der Waals surface area contributed by atoms with Crippen LogP contribution in [0.2, 0.25) is 0 Å². The molecule has 2 aromatic carbocycles. The van der Waals surface area contributed by atoms with E-state index in [1.165, 1.54) is 20.3 Å². The zero-order chi connectivity index (χ0) is 30.2. The summed E-state index contributed by atoms with van der Waals surface area (Å²) in [4.78, 5) is 24.0. The summed E-state index contributed by atoms with van der Waals surface area (Å²) < 4.78 is 56.1. The van der Waals surface area contributed by atoms with E-state index in [9.17, 15) is 23.1 Å². The van der Waals surface area contributed by atoms with E-state index in [1.807, 2.05) is 0 Å². The molecule has 4 aromatic rings. The van der Waals surface area contributed by atoms with Gasteiger partial charge in [0.1, 0.15) is 22.7 Å². The van der Waals surface area contributed by atoms with E-state index in [0.29, 0.717) is 50.8 Å². The third kappa shape index (κ3) is 5.25. The van der Waals surface area contributed by atoms with Gasteiger partial charge in [-0.2, -0.15) is 13.2 Å². The number of carbonyl (C=O) groups is 1. The number of methoxy groups -OCH3 is 2. The maximum absolute atomic E-state index is 13.2. The number of H-pyrrole nitrogens is 2. The van der Waals surface area contributed by atoms with Crippen molar-refractivity contribution in [3.05, 3.63) is 99.1 Å². The molecule has 1 aliphatic rings. The maximum Gasteiger partial charge on any atom is 0.416 e. The highest BCUT2D eigenvalue weighted by atomic mass is 19.4. The predicted molar refractivity (Wildman–Crippen MR) is 149 cm³/mol. The lowest BCUT2D eigenvalue weighted by Gasteiger charge is -2.25. The summed E-state index contributed by atoms with van der Waals surface area (Å²) in [5.41, 5.74) is 2.46. The number of halogens is 3. The summed E-state index contributed by atoms with van der Waals surface area (Å²) in [5, 5.41) is 11.8. The fraction of sp³-hybridized carbons (Fsp3) is 0.226. The molecule has 218 valence electrons. The minimum absolute atomic E-state index is 0.142. The van der Waals surface area contributed by atoms with E-state index in [4.69, 9.17) is 14.2 Å². The number of aromatic amines is 2. The van der Waals surface area contributed by atoms with Crippen molar-refractivity contribution in [2.24, 2.45) is 4.99 Å². The number of allylic oxidation sites excluding steroid dienone is 1. The molecule has 2 aromatic heterocycles. The molecule has 0 bridgehead atoms. The Bertz CT molecular complexity index is 1820. The number of fused-ring (bicyclic) bond motifs is 1. The zero-order valence-corrected chi connectivity index (χ0v) is 23.2. The normalized spacial score (nSPS) is 15.3. The molecule has 8 nitrogen and oxygen atoms in total. The van der Waals surface area contributed by atoms with Crippen LogP contribution in [0.25, 0.3) is 17.3 Å². The van der Waals surface area contributed by atoms with Gasteiger partial charge in [-0.1, -0.05) is 12.1 Å². The van der Waals surface area contributed by atoms with E-state index < -0.39 is 23.6 Å². The molecule has 1 unspecified atom stereocenters. The summed E-state index contributed by atoms with van der Waals surface area (Å²) in [7, 11) is 3.02. The minimum atomic E-state index is -4.47. The molecule has 11 heteroatoms. The molecule has 1 aliphatic heterocycles. The van der Waals surface area contributed by atoms with Gasteiger partial charge < -0.3 is 29.3 Å². The Morgan fingerprint density at radius 1 is 1.07 bits per heavy atom. The third-order valence-electron chi connectivity index (χ3n) is 7.02. The Hall–Kier alpha value is -4.93. The minimum Gasteiger partial charge on any atom is -0.505 e. The Morgan fingerprint density at radius 3 is 2.55 bits per heavy atom. The molecule has 0 spiro atoms. The number of hydrogen-bond donors (Lipinski definition) is 3. The maximum atomic E-state index is 13.2. The van der Waals surface area contributed by atoms with Gasteiger partial charge in [-0.3, -0.25) is 0 Å². The molecule has 0 fully saturated rings. The first-order chi connectivity index (χ1) is 20.0. The summed E-state index contributed by atoms with van der Waals surface area (Å²) >= 11 is 0. The van der Waals surface area contributed by atoms with Crippen LogP contribution in [0.5, 0.6) is 17.2 Å². The lowest BCUT2D eigenvalue weighted by molar-refractivity contribution is -0.139. The fourth-order valence-corrected chi connectivity index (χ4v) is 5.09. The van der Waals surface area contributed by atoms with Crippen LogP contribution >= 0.6 is 0 Å². The lowest BCUT2D eigenvalue weighted by Crippen LogP contribution is -2.26. The van der Waals surface area contributed by atoms with Gasteiger partial charge in [-0.15, -0.1) is 0 Å². The predicted octanol–water partition coefficient (Wildman–Crippen LogP) is 5.18. The molecule has 0 saturated heterocycles. The van der Waals surface area contributed by atoms with Gasteiger partial charge in [-0.25, -0.2) is 9.79 Å². The fourth-order valence-electron chi connectivity index (χ4n) is 5.09. The van der Waals surface area contributed by atoms with Crippen LogP contribution < -0.4 is 20.3 Å². The van der Waals surface area contributed by atoms with Gasteiger partial charge in [0.15, 0.2) is 0 Å². The second-order valence-electron chi connectivity index (χ2n) is 9.57. The number of benzene rings is 2. The molecule has 0 aliphatic carbocycles. The number of alkyl halides is 3. The quantitative estimate of drug-likeness (QED) is 0.262. The number of esters is 1. The largest absolute Gasteiger partial charge is 0.505 e. The van der Waals surface area contributed by atoms with Gasteiger partial charge in [0.2, 0.25) is 0 Å². The summed E-state index contributed by atoms with van der Waals surface area (Å²) in [6.07, 6.45) is -2.85. The molecular weight excluding hydrogens is 551 g/mol. The summed E-state index contributed by atoms with van der Waals surface area (Å²) in [5.74, 6) is -0.575. The van der Waals surface area contributed by atoms with Crippen LogP contribution in [0.3, 0.4) is 0 Å². The van der Waals surface area contributed by atoms with Crippen molar-refractivity contribution in [2.45, 2.75) is 25.9 Å². The molecule has 0 radical (unpaired) electrons. The number of aromatic hydroxyl groups is 1. The van der Waals surface area contributed by atoms with Crippen LogP contribution in [0.4, 0.5) is 13.2 Å². The number of ether oxygens (including phenoxy) is 3. The van der Waals surface area contributed by atoms with Crippen LogP contribution in [-0.2, 0) is 15.7 Å². The zero-order valence-electron chi connectivity index (χ0n) is 23.2. The van der Waals surface area contributed by atoms with Crippen LogP contribution in [0.15, 0.2) is 70.9 Å². The molecule has 3 heterocycles. The molecule has 42 heavy (non-hydrogen) atoms. The van der Waals surface area contributed by atoms with E-state index in [1.54, 1.807) is 56.3 Å². The number of hydrogen-bond acceptors (Lipinski definition) is 6. The van der Waals surface area contributed by atoms with Gasteiger partial charge in [-0.05, 0) is 68.0 Å². The third-order valence-corrected chi connectivity index (χ3v) is 7.02. The average molecular weight is 580 g/mol. The van der Waals surface area contributed by atoms with Crippen molar-refractivity contribution >= 4 is 12.0 Å². The van der Waals surface area contributed by atoms with Crippen molar-refractivity contribution in [1.82, 2.24) is 9.97 Å². The average Bonchev–Trinajstić information content (AvgIpc) is 3.55. The van der Waals surface area contributed by atoms with E-state index >= 15 is 0 Å². The molecular formula is C31H28F3N3O5. The Labute approximate surface area is 238 Å². The van der Waals surface area contributed by atoms with Gasteiger partial charge in [0, 0.05) is 17.0 Å². The van der Waals surface area contributed by atoms with Gasteiger partial charge in [0.05, 0.1) is 54.5 Å². The summed E-state index contributed by atoms with van der Waals surface area (Å²) in [6, 6.07) is 13.5. The van der Waals surface area contributed by atoms with E-state index in [2.05, 4.69) is 15.0 Å². The number of nitrogens with one attached hydrogen (secondary N) is 2. The van der Waals surface area contributed by atoms with Crippen molar-refractivity contribution in [2.75, 3.05) is 20.8 Å². The number of aromatic nitrogens is 2. The smallest absolute Gasteiger partial charge is 0.416 e. The Morgan fingerprint density at radius 2 is 1.86 bits per heavy atom. The lowest BCUT2D eigenvalue weighted by atomic mass is 9.82. The molecule has 0 amide bonds. The summed E-state index contributed by atoms with van der Waals surface area (Å²) in [6.45, 7) is 3.53. The second-order valence-corrected chi connectivity index (χ2v) is 9.57. The number of nitrogens with zero attached hydrogens (tertiary/aromatic N) is 1. The van der Waals surface area contributed by atoms with Gasteiger partial charge in [0.25, 0.3) is 0 Å². The number of carbonyl (C=O) groups excluding carboxylic acids is 1. The van der Waals surface area contributed by atoms with Crippen LogP contribution in [0, 0.1) is 0 Å². The second kappa shape index (κ2) is 11.2. The van der Waals surface area contributed by atoms with Crippen LogP contribution in [0.1, 0.15) is 42.1 Å². The Kier molecular flexibility index (Phi) is 7.59. The van der Waals surface area contributed by atoms with Gasteiger partial charge >= 0.3 is 12.1 Å². The SMILES string of the molecule is CCOC(=O)C1=C(C)N=c2[nH]c(=Cc3ccc(-c4cccc(C(F)(F)F)c4)[nH]3)c(O)c2C1c1cc(OC)ccc1OC. The van der Waals surface area contributed by atoms with Crippen molar-refractivity contribution in [3.63, 3.8) is 0 Å². The van der Waals surface area contributed by atoms with Crippen molar-refractivity contribution in [1.29, 1.82) is 0 Å². The van der Waals surface area contributed by atoms with Crippen molar-refractivity contribution < 1.29 is 37.3 Å². The Balaban J connectivity index is 1.65.